The lowest BCUT2D eigenvalue weighted by atomic mass is 10.2. The van der Waals surface area contributed by atoms with Gasteiger partial charge in [0, 0.05) is 19.2 Å². The summed E-state index contributed by atoms with van der Waals surface area (Å²) in [4.78, 5) is 4.14. The molecule has 0 aliphatic heterocycles. The number of hydrogen-bond acceptors (Lipinski definition) is 2. The van der Waals surface area contributed by atoms with Crippen LogP contribution in [-0.2, 0) is 0 Å². The molecule has 0 rings (SSSR count). The smallest absolute Gasteiger partial charge is 0.188 e. The average Bonchev–Trinajstić information content (AvgIpc) is 2.02. The fraction of sp³-hybridized carbons (Fsp3) is 0.889. The lowest BCUT2D eigenvalue weighted by Crippen LogP contribution is -2.36. The number of aliphatic hydroxyl groups is 1. The van der Waals surface area contributed by atoms with Gasteiger partial charge in [0.05, 0.1) is 0 Å². The molecule has 4 nitrogen and oxygen atoms in total. The summed E-state index contributed by atoms with van der Waals surface area (Å²) >= 11 is 0. The molecule has 0 aliphatic carbocycles. The molecule has 4 N–H and O–H groups in total. The topological polar surface area (TPSA) is 70.6 Å². The number of guanidine groups is 1. The Morgan fingerprint density at radius 3 is 2.62 bits per heavy atom. The fourth-order valence-electron chi connectivity index (χ4n) is 0.941. The zero-order chi connectivity index (χ0) is 10.1. The van der Waals surface area contributed by atoms with Crippen molar-refractivity contribution in [3.63, 3.8) is 0 Å². The minimum atomic E-state index is 0.267. The molecule has 0 unspecified atom stereocenters. The van der Waals surface area contributed by atoms with Gasteiger partial charge in [-0.3, -0.25) is 4.99 Å². The van der Waals surface area contributed by atoms with E-state index in [4.69, 9.17) is 10.8 Å². The van der Waals surface area contributed by atoms with E-state index in [1.54, 1.807) is 0 Å². The van der Waals surface area contributed by atoms with Crippen molar-refractivity contribution in [2.24, 2.45) is 10.7 Å². The minimum Gasteiger partial charge on any atom is -0.396 e. The number of nitrogens with two attached hydrogens (primary N) is 1. The maximum absolute atomic E-state index is 8.52. The number of hydrogen-bond donors (Lipinski definition) is 3. The van der Waals surface area contributed by atoms with E-state index in [2.05, 4.69) is 10.3 Å². The first-order valence-electron chi connectivity index (χ1n) is 4.84. The van der Waals surface area contributed by atoms with Crippen molar-refractivity contribution in [3.8, 4) is 0 Å². The highest BCUT2D eigenvalue weighted by molar-refractivity contribution is 5.77. The van der Waals surface area contributed by atoms with Crippen LogP contribution in [0.25, 0.3) is 0 Å². The summed E-state index contributed by atoms with van der Waals surface area (Å²) in [5, 5.41) is 11.5. The van der Waals surface area contributed by atoms with Crippen molar-refractivity contribution < 1.29 is 5.11 Å². The van der Waals surface area contributed by atoms with E-state index >= 15 is 0 Å². The maximum Gasteiger partial charge on any atom is 0.188 e. The van der Waals surface area contributed by atoms with E-state index in [1.165, 1.54) is 0 Å². The Morgan fingerprint density at radius 1 is 1.38 bits per heavy atom. The van der Waals surface area contributed by atoms with Gasteiger partial charge in [-0.2, -0.15) is 0 Å². The lowest BCUT2D eigenvalue weighted by molar-refractivity contribution is 0.283. The highest BCUT2D eigenvalue weighted by atomic mass is 16.2. The number of unbranched alkanes of at least 4 members (excludes halogenated alkanes) is 2. The third-order valence-corrected chi connectivity index (χ3v) is 1.53. The molecule has 0 amide bonds. The first kappa shape index (κ1) is 12.2. The second kappa shape index (κ2) is 7.86. The zero-order valence-corrected chi connectivity index (χ0v) is 8.58. The molecule has 0 radical (unpaired) electrons. The SMILES string of the molecule is CC(C)NC(N)=NCCCCCO. The highest BCUT2D eigenvalue weighted by Crippen LogP contribution is 1.93. The molecule has 0 heterocycles. The highest BCUT2D eigenvalue weighted by Gasteiger charge is 1.93. The number of aliphatic imine (C=N–C) groups is 1. The molecule has 4 heteroatoms. The van der Waals surface area contributed by atoms with Gasteiger partial charge < -0.3 is 16.2 Å². The van der Waals surface area contributed by atoms with Crippen LogP contribution in [0.3, 0.4) is 0 Å². The van der Waals surface area contributed by atoms with Crippen molar-refractivity contribution >= 4 is 5.96 Å². The standard InChI is InChI=1S/C9H21N3O/c1-8(2)12-9(10)11-6-4-3-5-7-13/h8,13H,3-7H2,1-2H3,(H3,10,11,12). The van der Waals surface area contributed by atoms with Crippen LogP contribution in [0, 0.1) is 0 Å². The van der Waals surface area contributed by atoms with Gasteiger partial charge in [-0.15, -0.1) is 0 Å². The number of aliphatic hydroxyl groups excluding tert-OH is 1. The Kier molecular flexibility index (Phi) is 7.39. The van der Waals surface area contributed by atoms with E-state index in [0.29, 0.717) is 12.0 Å². The summed E-state index contributed by atoms with van der Waals surface area (Å²) < 4.78 is 0. The minimum absolute atomic E-state index is 0.267. The van der Waals surface area contributed by atoms with Crippen LogP contribution in [0.15, 0.2) is 4.99 Å². The van der Waals surface area contributed by atoms with Crippen LogP contribution in [0.4, 0.5) is 0 Å². The van der Waals surface area contributed by atoms with E-state index < -0.39 is 0 Å². The molecular formula is C9H21N3O. The maximum atomic E-state index is 8.52. The van der Waals surface area contributed by atoms with Gasteiger partial charge in [-0.25, -0.2) is 0 Å². The van der Waals surface area contributed by atoms with Crippen LogP contribution in [0.1, 0.15) is 33.1 Å². The predicted octanol–water partition coefficient (Wildman–Crippen LogP) is 0.462. The fourth-order valence-corrected chi connectivity index (χ4v) is 0.941. The van der Waals surface area contributed by atoms with Crippen LogP contribution in [-0.4, -0.2) is 30.3 Å². The Bertz CT molecular complexity index is 146. The Morgan fingerprint density at radius 2 is 2.08 bits per heavy atom. The summed E-state index contributed by atoms with van der Waals surface area (Å²) in [5.41, 5.74) is 5.58. The summed E-state index contributed by atoms with van der Waals surface area (Å²) in [6, 6.07) is 0.334. The Labute approximate surface area is 80.2 Å². The van der Waals surface area contributed by atoms with E-state index in [0.717, 1.165) is 25.8 Å². The number of nitrogens with zero attached hydrogens (tertiary/aromatic N) is 1. The van der Waals surface area contributed by atoms with Crippen molar-refractivity contribution in [3.05, 3.63) is 0 Å². The van der Waals surface area contributed by atoms with Gasteiger partial charge in [0.1, 0.15) is 0 Å². The van der Waals surface area contributed by atoms with Crippen LogP contribution in [0.5, 0.6) is 0 Å². The van der Waals surface area contributed by atoms with Crippen LogP contribution >= 0.6 is 0 Å². The molecule has 0 saturated heterocycles. The van der Waals surface area contributed by atoms with Crippen molar-refractivity contribution in [1.82, 2.24) is 5.32 Å². The van der Waals surface area contributed by atoms with Gasteiger partial charge in [0.25, 0.3) is 0 Å². The first-order chi connectivity index (χ1) is 6.16. The summed E-state index contributed by atoms with van der Waals surface area (Å²) in [6.07, 6.45) is 2.85. The molecule has 0 aliphatic rings. The molecule has 0 saturated carbocycles. The van der Waals surface area contributed by atoms with E-state index in [1.807, 2.05) is 13.8 Å². The molecule has 0 spiro atoms. The summed E-state index contributed by atoms with van der Waals surface area (Å²) in [7, 11) is 0. The second-order valence-corrected chi connectivity index (χ2v) is 3.35. The van der Waals surface area contributed by atoms with Gasteiger partial charge in [-0.05, 0) is 33.1 Å². The summed E-state index contributed by atoms with van der Waals surface area (Å²) in [5.74, 6) is 0.513. The predicted molar refractivity (Wildman–Crippen MR) is 55.7 cm³/mol. The van der Waals surface area contributed by atoms with Gasteiger partial charge in [0.2, 0.25) is 0 Å². The van der Waals surface area contributed by atoms with Crippen molar-refractivity contribution in [2.45, 2.75) is 39.2 Å². The molecule has 0 aromatic carbocycles. The van der Waals surface area contributed by atoms with Crippen LogP contribution in [0.2, 0.25) is 0 Å². The molecule has 13 heavy (non-hydrogen) atoms. The summed E-state index contributed by atoms with van der Waals surface area (Å²) in [6.45, 7) is 5.05. The van der Waals surface area contributed by atoms with Crippen LogP contribution < -0.4 is 11.1 Å². The van der Waals surface area contributed by atoms with Crippen molar-refractivity contribution in [2.75, 3.05) is 13.2 Å². The second-order valence-electron chi connectivity index (χ2n) is 3.35. The largest absolute Gasteiger partial charge is 0.396 e. The molecule has 0 fully saturated rings. The van der Waals surface area contributed by atoms with Gasteiger partial charge in [-0.1, -0.05) is 0 Å². The van der Waals surface area contributed by atoms with Gasteiger partial charge in [0.15, 0.2) is 5.96 Å². The zero-order valence-electron chi connectivity index (χ0n) is 8.58. The third-order valence-electron chi connectivity index (χ3n) is 1.53. The molecular weight excluding hydrogens is 166 g/mol. The lowest BCUT2D eigenvalue weighted by Gasteiger charge is -2.07. The Hall–Kier alpha value is -0.770. The first-order valence-corrected chi connectivity index (χ1v) is 4.84. The molecule has 0 atom stereocenters. The Balaban J connectivity index is 3.36. The number of rotatable bonds is 6. The number of nitrogens with one attached hydrogen (secondary N) is 1. The molecule has 0 aromatic heterocycles. The molecule has 78 valence electrons. The quantitative estimate of drug-likeness (QED) is 0.321. The van der Waals surface area contributed by atoms with E-state index in [9.17, 15) is 0 Å². The average molecular weight is 187 g/mol. The monoisotopic (exact) mass is 187 g/mol. The van der Waals surface area contributed by atoms with E-state index in [-0.39, 0.29) is 6.61 Å². The molecule has 0 aromatic rings. The van der Waals surface area contributed by atoms with Crippen molar-refractivity contribution in [1.29, 1.82) is 0 Å². The normalized spacial score (nSPS) is 12.2. The third kappa shape index (κ3) is 9.14. The van der Waals surface area contributed by atoms with Gasteiger partial charge >= 0.3 is 0 Å². The molecule has 0 bridgehead atoms.